The number of hydrogen-bond donors (Lipinski definition) is 0. The Morgan fingerprint density at radius 3 is 1.21 bits per heavy atom. The van der Waals surface area contributed by atoms with Crippen LogP contribution in [0, 0.1) is 0 Å². The second-order valence-corrected chi connectivity index (χ2v) is 9.39. The summed E-state index contributed by atoms with van der Waals surface area (Å²) in [6, 6.07) is 49.3. The third-order valence-corrected chi connectivity index (χ3v) is 7.49. The first kappa shape index (κ1) is 21.9. The first-order valence-electron chi connectivity index (χ1n) is 11.3. The Morgan fingerprint density at radius 1 is 0.441 bits per heavy atom. The molecular formula is C32H24OS. The molecule has 5 aromatic carbocycles. The first-order valence-corrected chi connectivity index (χ1v) is 12.1. The van der Waals surface area contributed by atoms with Crippen molar-refractivity contribution in [1.29, 1.82) is 0 Å². The highest BCUT2D eigenvalue weighted by Crippen LogP contribution is 2.51. The molecule has 0 bridgehead atoms. The fourth-order valence-corrected chi connectivity index (χ4v) is 5.69. The highest BCUT2D eigenvalue weighted by molar-refractivity contribution is 8.00. The average molecular weight is 457 g/mol. The van der Waals surface area contributed by atoms with Gasteiger partial charge in [-0.05, 0) is 41.0 Å². The zero-order valence-corrected chi connectivity index (χ0v) is 19.5. The normalized spacial score (nSPS) is 11.2. The SMILES string of the molecule is O=C(c1ccccc1)c1ccc(SC(c2ccccc2)(c2ccccc2)c2ccccc2)cc1. The van der Waals surface area contributed by atoms with Gasteiger partial charge in [-0.15, -0.1) is 11.8 Å². The molecule has 0 saturated heterocycles. The van der Waals surface area contributed by atoms with Crippen molar-refractivity contribution < 1.29 is 4.79 Å². The van der Waals surface area contributed by atoms with Crippen LogP contribution in [0.4, 0.5) is 0 Å². The molecule has 5 rings (SSSR count). The Labute approximate surface area is 205 Å². The minimum atomic E-state index is -0.436. The summed E-state index contributed by atoms with van der Waals surface area (Å²) in [4.78, 5) is 14.0. The van der Waals surface area contributed by atoms with E-state index in [2.05, 4.69) is 103 Å². The highest BCUT2D eigenvalue weighted by atomic mass is 32.2. The van der Waals surface area contributed by atoms with E-state index in [4.69, 9.17) is 0 Å². The van der Waals surface area contributed by atoms with Crippen LogP contribution in [0.3, 0.4) is 0 Å². The lowest BCUT2D eigenvalue weighted by atomic mass is 9.84. The minimum Gasteiger partial charge on any atom is -0.289 e. The van der Waals surface area contributed by atoms with E-state index in [1.165, 1.54) is 16.7 Å². The van der Waals surface area contributed by atoms with Gasteiger partial charge in [0.05, 0.1) is 4.75 Å². The van der Waals surface area contributed by atoms with E-state index in [9.17, 15) is 4.79 Å². The molecule has 0 heterocycles. The summed E-state index contributed by atoms with van der Waals surface area (Å²) in [5.74, 6) is 0.0394. The van der Waals surface area contributed by atoms with E-state index in [-0.39, 0.29) is 5.78 Å². The lowest BCUT2D eigenvalue weighted by molar-refractivity contribution is 0.103. The Bertz CT molecular complexity index is 1250. The molecule has 0 spiro atoms. The zero-order chi connectivity index (χ0) is 23.2. The van der Waals surface area contributed by atoms with Crippen LogP contribution in [-0.4, -0.2) is 5.78 Å². The number of hydrogen-bond acceptors (Lipinski definition) is 2. The molecule has 0 aliphatic rings. The summed E-state index contributed by atoms with van der Waals surface area (Å²) in [6.07, 6.45) is 0. The van der Waals surface area contributed by atoms with Crippen molar-refractivity contribution >= 4 is 17.5 Å². The summed E-state index contributed by atoms with van der Waals surface area (Å²) in [6.45, 7) is 0. The van der Waals surface area contributed by atoms with Crippen LogP contribution in [-0.2, 0) is 4.75 Å². The number of carbonyl (C=O) groups is 1. The molecular weight excluding hydrogens is 432 g/mol. The van der Waals surface area contributed by atoms with E-state index in [0.29, 0.717) is 11.1 Å². The Hall–Kier alpha value is -3.88. The van der Waals surface area contributed by atoms with Gasteiger partial charge in [-0.3, -0.25) is 4.79 Å². The maximum absolute atomic E-state index is 12.9. The van der Waals surface area contributed by atoms with Crippen molar-refractivity contribution in [2.24, 2.45) is 0 Å². The molecule has 2 heteroatoms. The molecule has 0 N–H and O–H groups in total. The molecule has 0 aromatic heterocycles. The van der Waals surface area contributed by atoms with Crippen LogP contribution < -0.4 is 0 Å². The molecule has 0 saturated carbocycles. The molecule has 164 valence electrons. The maximum Gasteiger partial charge on any atom is 0.193 e. The Morgan fingerprint density at radius 2 is 0.794 bits per heavy atom. The fourth-order valence-electron chi connectivity index (χ4n) is 4.30. The van der Waals surface area contributed by atoms with Gasteiger partial charge in [-0.25, -0.2) is 0 Å². The lowest BCUT2D eigenvalue weighted by Crippen LogP contribution is -2.25. The van der Waals surface area contributed by atoms with Crippen LogP contribution >= 0.6 is 11.8 Å². The van der Waals surface area contributed by atoms with Gasteiger partial charge in [0.1, 0.15) is 0 Å². The number of thioether (sulfide) groups is 1. The quantitative estimate of drug-likeness (QED) is 0.140. The Kier molecular flexibility index (Phi) is 6.42. The van der Waals surface area contributed by atoms with Gasteiger partial charge in [0, 0.05) is 16.0 Å². The molecule has 0 radical (unpaired) electrons. The van der Waals surface area contributed by atoms with Crippen LogP contribution in [0.5, 0.6) is 0 Å². The summed E-state index contributed by atoms with van der Waals surface area (Å²) in [7, 11) is 0. The average Bonchev–Trinajstić information content (AvgIpc) is 2.94. The lowest BCUT2D eigenvalue weighted by Gasteiger charge is -2.35. The number of ketones is 1. The summed E-state index contributed by atoms with van der Waals surface area (Å²) >= 11 is 1.80. The third-order valence-electron chi connectivity index (χ3n) is 5.96. The molecule has 0 unspecified atom stereocenters. The van der Waals surface area contributed by atoms with Crippen molar-refractivity contribution in [1.82, 2.24) is 0 Å². The molecule has 0 amide bonds. The molecule has 5 aromatic rings. The highest BCUT2D eigenvalue weighted by Gasteiger charge is 2.37. The smallest absolute Gasteiger partial charge is 0.193 e. The first-order chi connectivity index (χ1) is 16.8. The standard InChI is InChI=1S/C32H24OS/c33-31(25-13-5-1-6-14-25)26-21-23-30(24-22-26)34-32(27-15-7-2-8-16-27,28-17-9-3-10-18-28)29-19-11-4-12-20-29/h1-24H. The van der Waals surface area contributed by atoms with Crippen LogP contribution in [0.15, 0.2) is 150 Å². The van der Waals surface area contributed by atoms with Crippen LogP contribution in [0.25, 0.3) is 0 Å². The van der Waals surface area contributed by atoms with Gasteiger partial charge in [0.2, 0.25) is 0 Å². The van der Waals surface area contributed by atoms with Gasteiger partial charge in [0.25, 0.3) is 0 Å². The van der Waals surface area contributed by atoms with Crippen molar-refractivity contribution in [2.45, 2.75) is 9.64 Å². The number of rotatable bonds is 7. The summed E-state index contributed by atoms with van der Waals surface area (Å²) in [5, 5.41) is 0. The van der Waals surface area contributed by atoms with E-state index >= 15 is 0 Å². The zero-order valence-electron chi connectivity index (χ0n) is 18.7. The molecule has 0 atom stereocenters. The van der Waals surface area contributed by atoms with Gasteiger partial charge >= 0.3 is 0 Å². The fraction of sp³-hybridized carbons (Fsp3) is 0.0312. The molecule has 1 nitrogen and oxygen atoms in total. The van der Waals surface area contributed by atoms with Crippen molar-refractivity contribution in [2.75, 3.05) is 0 Å². The molecule has 34 heavy (non-hydrogen) atoms. The van der Waals surface area contributed by atoms with Gasteiger partial charge < -0.3 is 0 Å². The summed E-state index contributed by atoms with van der Waals surface area (Å²) in [5.41, 5.74) is 5.03. The monoisotopic (exact) mass is 456 g/mol. The molecule has 0 fully saturated rings. The van der Waals surface area contributed by atoms with Crippen molar-refractivity contribution in [3.05, 3.63) is 173 Å². The Balaban J connectivity index is 1.60. The van der Waals surface area contributed by atoms with E-state index in [0.717, 1.165) is 4.90 Å². The second kappa shape index (κ2) is 9.94. The third kappa shape index (κ3) is 4.33. The minimum absolute atomic E-state index is 0.0394. The number of benzene rings is 5. The van der Waals surface area contributed by atoms with Crippen molar-refractivity contribution in [3.63, 3.8) is 0 Å². The van der Waals surface area contributed by atoms with Crippen LogP contribution in [0.1, 0.15) is 32.6 Å². The number of carbonyl (C=O) groups excluding carboxylic acids is 1. The van der Waals surface area contributed by atoms with Gasteiger partial charge in [-0.2, -0.15) is 0 Å². The molecule has 0 aliphatic carbocycles. The predicted molar refractivity (Wildman–Crippen MR) is 141 cm³/mol. The van der Waals surface area contributed by atoms with E-state index in [1.54, 1.807) is 11.8 Å². The van der Waals surface area contributed by atoms with Gasteiger partial charge in [-0.1, -0.05) is 121 Å². The largest absolute Gasteiger partial charge is 0.289 e. The predicted octanol–water partition coefficient (Wildman–Crippen LogP) is 8.00. The maximum atomic E-state index is 12.9. The summed E-state index contributed by atoms with van der Waals surface area (Å²) < 4.78 is -0.436. The van der Waals surface area contributed by atoms with Crippen LogP contribution in [0.2, 0.25) is 0 Å². The topological polar surface area (TPSA) is 17.1 Å². The molecule has 0 aliphatic heterocycles. The second-order valence-electron chi connectivity index (χ2n) is 8.10. The van der Waals surface area contributed by atoms with Crippen molar-refractivity contribution in [3.8, 4) is 0 Å². The van der Waals surface area contributed by atoms with E-state index in [1.807, 2.05) is 42.5 Å². The van der Waals surface area contributed by atoms with Gasteiger partial charge in [0.15, 0.2) is 5.78 Å². The van der Waals surface area contributed by atoms with E-state index < -0.39 is 4.75 Å².